The zero-order valence-electron chi connectivity index (χ0n) is 10.9. The molecule has 0 fully saturated rings. The lowest BCUT2D eigenvalue weighted by Crippen LogP contribution is -2.30. The highest BCUT2D eigenvalue weighted by Gasteiger charge is 2.00. The molecule has 5 heteroatoms. The molecule has 1 N–H and O–H groups in total. The molecule has 0 aromatic heterocycles. The second kappa shape index (κ2) is 13.1. The van der Waals surface area contributed by atoms with E-state index in [4.69, 9.17) is 30.0 Å². The van der Waals surface area contributed by atoms with Gasteiger partial charge in [0.05, 0.1) is 6.61 Å². The highest BCUT2D eigenvalue weighted by molar-refractivity contribution is 8.00. The number of hydrogen-bond donors (Lipinski definition) is 1. The molecule has 0 amide bonds. The molecule has 0 aromatic rings. The monoisotopic (exact) mass is 265 g/mol. The molecule has 1 radical (unpaired) electrons. The number of rotatable bonds is 6. The molecule has 0 aliphatic rings. The van der Waals surface area contributed by atoms with Crippen molar-refractivity contribution >= 4 is 29.2 Å². The molecule has 0 rings (SSSR count). The summed E-state index contributed by atoms with van der Waals surface area (Å²) in [6, 6.07) is 0. The van der Waals surface area contributed by atoms with Crippen molar-refractivity contribution in [1.29, 1.82) is 0 Å². The van der Waals surface area contributed by atoms with Crippen molar-refractivity contribution in [3.63, 3.8) is 0 Å². The fourth-order valence-corrected chi connectivity index (χ4v) is 1.61. The van der Waals surface area contributed by atoms with Gasteiger partial charge >= 0.3 is 0 Å². The normalized spacial score (nSPS) is 9.62. The SMILES string of the molecule is CCN(CCO)C(=S)[S-].CC[N+](CC)CC. The van der Waals surface area contributed by atoms with Crippen LogP contribution < -0.4 is 4.90 Å². The van der Waals surface area contributed by atoms with Crippen LogP contribution in [0.25, 0.3) is 0 Å². The minimum atomic E-state index is 0.116. The van der Waals surface area contributed by atoms with Gasteiger partial charge in [-0.2, -0.15) is 4.90 Å². The van der Waals surface area contributed by atoms with Gasteiger partial charge in [-0.3, -0.25) is 0 Å². The maximum atomic E-state index is 8.47. The maximum Gasteiger partial charge on any atom is 0.120 e. The van der Waals surface area contributed by atoms with Gasteiger partial charge in [0.2, 0.25) is 0 Å². The molecule has 0 bridgehead atoms. The standard InChI is InChI=1S/C6H15N.C5H11NOS2/c1-4-7(5-2)6-3;1-2-6(3-4-7)5(8)9/h4-6H2,1-3H3;7H,2-4H2,1H3,(H,8,9)/q+1;/p-1. The van der Waals surface area contributed by atoms with Crippen molar-refractivity contribution in [1.82, 2.24) is 9.80 Å². The maximum absolute atomic E-state index is 8.47. The highest BCUT2D eigenvalue weighted by Crippen LogP contribution is 1.87. The summed E-state index contributed by atoms with van der Waals surface area (Å²) in [6.45, 7) is 13.5. The van der Waals surface area contributed by atoms with Crippen LogP contribution in [0.5, 0.6) is 0 Å². The Morgan fingerprint density at radius 1 is 1.19 bits per heavy atom. The number of nitrogens with zero attached hydrogens (tertiary/aromatic N) is 2. The van der Waals surface area contributed by atoms with Crippen LogP contribution in [0, 0.1) is 0 Å². The van der Waals surface area contributed by atoms with Gasteiger partial charge in [-0.1, -0.05) is 4.32 Å². The van der Waals surface area contributed by atoms with Gasteiger partial charge in [0.25, 0.3) is 0 Å². The Labute approximate surface area is 111 Å². The fraction of sp³-hybridized carbons (Fsp3) is 0.909. The number of aliphatic hydroxyl groups excluding tert-OH is 1. The minimum absolute atomic E-state index is 0.116. The zero-order chi connectivity index (χ0) is 13.0. The van der Waals surface area contributed by atoms with E-state index in [1.54, 1.807) is 4.90 Å². The molecule has 3 nitrogen and oxygen atoms in total. The lowest BCUT2D eigenvalue weighted by molar-refractivity contribution is 0.256. The van der Waals surface area contributed by atoms with Crippen LogP contribution in [-0.4, -0.2) is 53.7 Å². The minimum Gasteiger partial charge on any atom is -0.411 e. The van der Waals surface area contributed by atoms with Gasteiger partial charge in [-0.15, -0.1) is 0 Å². The van der Waals surface area contributed by atoms with E-state index in [9.17, 15) is 0 Å². The first kappa shape index (κ1) is 18.4. The largest absolute Gasteiger partial charge is 0.411 e. The second-order valence-corrected chi connectivity index (χ2v) is 4.22. The third kappa shape index (κ3) is 10.5. The molecular weight excluding hydrogens is 240 g/mol. The average Bonchev–Trinajstić information content (AvgIpc) is 2.28. The summed E-state index contributed by atoms with van der Waals surface area (Å²) in [4.78, 5) is 4.14. The Morgan fingerprint density at radius 3 is 1.69 bits per heavy atom. The first-order valence-corrected chi connectivity index (χ1v) is 6.67. The van der Waals surface area contributed by atoms with Gasteiger partial charge < -0.3 is 34.9 Å². The summed E-state index contributed by atoms with van der Waals surface area (Å²) in [5.74, 6) is 0. The highest BCUT2D eigenvalue weighted by atomic mass is 32.1. The van der Waals surface area contributed by atoms with E-state index in [0.29, 0.717) is 10.9 Å². The number of aliphatic hydroxyl groups is 1. The quantitative estimate of drug-likeness (QED) is 0.446. The molecule has 0 aromatic carbocycles. The van der Waals surface area contributed by atoms with Gasteiger partial charge in [-0.25, -0.2) is 0 Å². The Balaban J connectivity index is 0. The molecule has 0 unspecified atom stereocenters. The molecule has 0 atom stereocenters. The van der Waals surface area contributed by atoms with E-state index in [0.717, 1.165) is 6.54 Å². The van der Waals surface area contributed by atoms with Crippen LogP contribution in [-0.2, 0) is 12.6 Å². The summed E-state index contributed by atoms with van der Waals surface area (Å²) in [5.41, 5.74) is 0. The number of thiocarbonyl (C=S) groups is 1. The van der Waals surface area contributed by atoms with Crippen molar-refractivity contribution in [2.45, 2.75) is 27.7 Å². The second-order valence-electron chi connectivity index (χ2n) is 3.19. The smallest absolute Gasteiger partial charge is 0.120 e. The molecule has 0 heterocycles. The van der Waals surface area contributed by atoms with Crippen molar-refractivity contribution in [2.75, 3.05) is 39.3 Å². The fourth-order valence-electron chi connectivity index (χ4n) is 1.17. The Morgan fingerprint density at radius 2 is 1.62 bits per heavy atom. The van der Waals surface area contributed by atoms with E-state index < -0.39 is 0 Å². The Hall–Kier alpha value is 0.0300. The molecule has 97 valence electrons. The van der Waals surface area contributed by atoms with E-state index in [1.807, 2.05) is 6.92 Å². The molecule has 0 saturated carbocycles. The topological polar surface area (TPSA) is 29.4 Å². The van der Waals surface area contributed by atoms with Gasteiger partial charge in [0.1, 0.15) is 19.6 Å². The predicted molar refractivity (Wildman–Crippen MR) is 78.1 cm³/mol. The predicted octanol–water partition coefficient (Wildman–Crippen LogP) is 1.32. The van der Waals surface area contributed by atoms with Crippen molar-refractivity contribution in [2.24, 2.45) is 0 Å². The molecule has 16 heavy (non-hydrogen) atoms. The summed E-state index contributed by atoms with van der Waals surface area (Å²) < 4.78 is 0.437. The number of hydrogen-bond acceptors (Lipinski definition) is 4. The summed E-state index contributed by atoms with van der Waals surface area (Å²) >= 11 is 9.42. The lowest BCUT2D eigenvalue weighted by atomic mass is 10.5. The lowest BCUT2D eigenvalue weighted by Gasteiger charge is -2.25. The summed E-state index contributed by atoms with van der Waals surface area (Å²) in [5, 5.41) is 8.47. The van der Waals surface area contributed by atoms with Crippen LogP contribution in [0.1, 0.15) is 27.7 Å². The van der Waals surface area contributed by atoms with Crippen LogP contribution in [0.4, 0.5) is 0 Å². The Kier molecular flexibility index (Phi) is 15.1. The molecular formula is C11H25N2OS2. The molecule has 0 spiro atoms. The third-order valence-electron chi connectivity index (χ3n) is 2.35. The third-order valence-corrected chi connectivity index (χ3v) is 2.87. The van der Waals surface area contributed by atoms with Crippen molar-refractivity contribution in [3.05, 3.63) is 0 Å². The van der Waals surface area contributed by atoms with Gasteiger partial charge in [-0.05, 0) is 27.7 Å². The molecule has 0 saturated heterocycles. The first-order chi connectivity index (χ1) is 7.56. The van der Waals surface area contributed by atoms with Crippen molar-refractivity contribution < 1.29 is 5.11 Å². The van der Waals surface area contributed by atoms with E-state index >= 15 is 0 Å². The Bertz CT molecular complexity index is 159. The van der Waals surface area contributed by atoms with E-state index in [1.165, 1.54) is 19.6 Å². The number of likely N-dealkylation sites (N-methyl/N-ethyl adjacent to an activating group) is 1. The summed E-state index contributed by atoms with van der Waals surface area (Å²) in [7, 11) is 0. The van der Waals surface area contributed by atoms with Crippen LogP contribution in [0.3, 0.4) is 0 Å². The average molecular weight is 265 g/mol. The molecule has 0 aliphatic heterocycles. The van der Waals surface area contributed by atoms with Gasteiger partial charge in [0, 0.05) is 13.1 Å². The molecule has 0 aliphatic carbocycles. The van der Waals surface area contributed by atoms with Gasteiger partial charge in [0.15, 0.2) is 0 Å². The van der Waals surface area contributed by atoms with Crippen molar-refractivity contribution in [3.8, 4) is 0 Å². The van der Waals surface area contributed by atoms with E-state index in [-0.39, 0.29) is 6.61 Å². The van der Waals surface area contributed by atoms with Crippen LogP contribution in [0.2, 0.25) is 0 Å². The zero-order valence-corrected chi connectivity index (χ0v) is 12.5. The first-order valence-electron chi connectivity index (χ1n) is 5.86. The van der Waals surface area contributed by atoms with Crippen LogP contribution >= 0.6 is 12.2 Å². The summed E-state index contributed by atoms with van der Waals surface area (Å²) in [6.07, 6.45) is 0. The van der Waals surface area contributed by atoms with E-state index in [2.05, 4.69) is 25.7 Å². The van der Waals surface area contributed by atoms with Crippen LogP contribution in [0.15, 0.2) is 0 Å².